The second-order valence-corrected chi connectivity index (χ2v) is 7.43. The number of rotatable bonds is 4. The monoisotopic (exact) mass is 381 g/mol. The number of carbonyl (C=O) groups is 2. The summed E-state index contributed by atoms with van der Waals surface area (Å²) in [5, 5.41) is 6.69. The fourth-order valence-electron chi connectivity index (χ4n) is 2.45. The minimum atomic E-state index is -0.618. The minimum absolute atomic E-state index is 0.0121. The average Bonchev–Trinajstić information content (AvgIpc) is 2.85. The first-order chi connectivity index (χ1) is 12.0. The highest BCUT2D eigenvalue weighted by Crippen LogP contribution is 2.33. The summed E-state index contributed by atoms with van der Waals surface area (Å²) in [5.74, 6) is -1.23. The highest BCUT2D eigenvalue weighted by Gasteiger charge is 2.28. The van der Waals surface area contributed by atoms with Crippen molar-refractivity contribution in [1.82, 2.24) is 15.4 Å². The molecule has 0 radical (unpaired) electrons. The van der Waals surface area contributed by atoms with Crippen LogP contribution in [0.1, 0.15) is 36.9 Å². The molecule has 6 nitrogen and oxygen atoms in total. The van der Waals surface area contributed by atoms with Crippen molar-refractivity contribution in [3.05, 3.63) is 40.4 Å². The van der Waals surface area contributed by atoms with Gasteiger partial charge in [0, 0.05) is 12.6 Å². The largest absolute Gasteiger partial charge is 0.360 e. The van der Waals surface area contributed by atoms with Crippen molar-refractivity contribution in [2.75, 3.05) is 13.6 Å². The van der Waals surface area contributed by atoms with E-state index in [2.05, 4.69) is 10.5 Å². The molecule has 0 saturated carbocycles. The number of nitrogens with one attached hydrogen (secondary N) is 1. The molecule has 26 heavy (non-hydrogen) atoms. The van der Waals surface area contributed by atoms with Crippen LogP contribution in [0.3, 0.4) is 0 Å². The predicted molar refractivity (Wildman–Crippen MR) is 96.5 cm³/mol. The summed E-state index contributed by atoms with van der Waals surface area (Å²) >= 11 is 6.08. The first kappa shape index (κ1) is 19.9. The normalized spacial score (nSPS) is 11.3. The smallest absolute Gasteiger partial charge is 0.259 e. The lowest BCUT2D eigenvalue weighted by Crippen LogP contribution is -2.46. The maximum absolute atomic E-state index is 14.2. The Hall–Kier alpha value is -2.41. The van der Waals surface area contributed by atoms with E-state index in [1.54, 1.807) is 6.92 Å². The average molecular weight is 382 g/mol. The molecule has 2 aromatic rings. The molecule has 0 atom stereocenters. The number of halogens is 2. The Morgan fingerprint density at radius 1 is 1.35 bits per heavy atom. The fourth-order valence-corrected chi connectivity index (χ4v) is 2.71. The van der Waals surface area contributed by atoms with Crippen LogP contribution in [-0.2, 0) is 4.79 Å². The van der Waals surface area contributed by atoms with Gasteiger partial charge >= 0.3 is 0 Å². The van der Waals surface area contributed by atoms with Crippen molar-refractivity contribution in [2.24, 2.45) is 0 Å². The lowest BCUT2D eigenvalue weighted by molar-refractivity contribution is -0.122. The molecule has 0 aliphatic rings. The van der Waals surface area contributed by atoms with Gasteiger partial charge in [-0.3, -0.25) is 9.59 Å². The number of aromatic nitrogens is 1. The van der Waals surface area contributed by atoms with Crippen molar-refractivity contribution in [1.29, 1.82) is 0 Å². The van der Waals surface area contributed by atoms with Gasteiger partial charge in [0.1, 0.15) is 22.8 Å². The molecule has 0 fully saturated rings. The molecule has 0 saturated heterocycles. The van der Waals surface area contributed by atoms with E-state index in [1.165, 1.54) is 30.1 Å². The van der Waals surface area contributed by atoms with E-state index in [-0.39, 0.29) is 40.1 Å². The molecule has 2 amide bonds. The molecule has 1 aromatic heterocycles. The van der Waals surface area contributed by atoms with Crippen LogP contribution in [0.25, 0.3) is 11.3 Å². The van der Waals surface area contributed by atoms with E-state index in [1.807, 2.05) is 20.8 Å². The molecule has 2 rings (SSSR count). The van der Waals surface area contributed by atoms with Crippen molar-refractivity contribution >= 4 is 23.4 Å². The van der Waals surface area contributed by atoms with E-state index in [4.69, 9.17) is 16.1 Å². The molecule has 1 N–H and O–H groups in total. The standard InChI is InChI=1S/C18H21ClFN3O3/c1-10-14(17(25)23(5)9-13(24)21-18(2,3)4)16(22-26-10)15-11(19)7-6-8-12(15)20/h6-8H,9H2,1-5H3,(H,21,24). The zero-order valence-electron chi connectivity index (χ0n) is 15.3. The van der Waals surface area contributed by atoms with E-state index >= 15 is 0 Å². The van der Waals surface area contributed by atoms with Gasteiger partial charge in [0.15, 0.2) is 0 Å². The number of benzene rings is 1. The zero-order valence-corrected chi connectivity index (χ0v) is 16.1. The Bertz CT molecular complexity index is 822. The quantitative estimate of drug-likeness (QED) is 0.880. The molecule has 0 spiro atoms. The van der Waals surface area contributed by atoms with E-state index < -0.39 is 17.3 Å². The number of aryl methyl sites for hydroxylation is 1. The maximum atomic E-state index is 14.2. The van der Waals surface area contributed by atoms with Crippen molar-refractivity contribution in [2.45, 2.75) is 33.2 Å². The van der Waals surface area contributed by atoms with Crippen molar-refractivity contribution < 1.29 is 18.5 Å². The number of likely N-dealkylation sites (N-methyl/N-ethyl adjacent to an activating group) is 1. The first-order valence-corrected chi connectivity index (χ1v) is 8.36. The summed E-state index contributed by atoms with van der Waals surface area (Å²) in [6.07, 6.45) is 0. The number of hydrogen-bond acceptors (Lipinski definition) is 4. The Kier molecular flexibility index (Phi) is 5.71. The Labute approximate surface area is 156 Å². The van der Waals surface area contributed by atoms with Gasteiger partial charge in [-0.2, -0.15) is 0 Å². The third-order valence-electron chi connectivity index (χ3n) is 3.52. The van der Waals surface area contributed by atoms with Gasteiger partial charge in [-0.15, -0.1) is 0 Å². The first-order valence-electron chi connectivity index (χ1n) is 7.98. The summed E-state index contributed by atoms with van der Waals surface area (Å²) in [6.45, 7) is 6.91. The van der Waals surface area contributed by atoms with Crippen molar-refractivity contribution in [3.63, 3.8) is 0 Å². The number of amides is 2. The predicted octanol–water partition coefficient (Wildman–Crippen LogP) is 3.43. The molecule has 1 heterocycles. The van der Waals surface area contributed by atoms with Crippen LogP contribution in [0.15, 0.2) is 22.7 Å². The van der Waals surface area contributed by atoms with Crippen LogP contribution in [0.5, 0.6) is 0 Å². The Morgan fingerprint density at radius 2 is 2.00 bits per heavy atom. The lowest BCUT2D eigenvalue weighted by atomic mass is 10.0. The van der Waals surface area contributed by atoms with Gasteiger partial charge in [-0.1, -0.05) is 22.8 Å². The highest BCUT2D eigenvalue weighted by atomic mass is 35.5. The van der Waals surface area contributed by atoms with Crippen molar-refractivity contribution in [3.8, 4) is 11.3 Å². The van der Waals surface area contributed by atoms with E-state index in [9.17, 15) is 14.0 Å². The summed E-state index contributed by atoms with van der Waals surface area (Å²) in [7, 11) is 1.48. The van der Waals surface area contributed by atoms with Gasteiger partial charge in [-0.05, 0) is 39.8 Å². The van der Waals surface area contributed by atoms with Crippen LogP contribution in [0.2, 0.25) is 5.02 Å². The Morgan fingerprint density at radius 3 is 2.58 bits per heavy atom. The third kappa shape index (κ3) is 4.40. The van der Waals surface area contributed by atoms with Gasteiger partial charge < -0.3 is 14.7 Å². The highest BCUT2D eigenvalue weighted by molar-refractivity contribution is 6.33. The van der Waals surface area contributed by atoms with Crippen LogP contribution in [0, 0.1) is 12.7 Å². The fraction of sp³-hybridized carbons (Fsp3) is 0.389. The van der Waals surface area contributed by atoms with Gasteiger partial charge in [0.2, 0.25) is 5.91 Å². The summed E-state index contributed by atoms with van der Waals surface area (Å²) < 4.78 is 19.3. The SMILES string of the molecule is Cc1onc(-c2c(F)cccc2Cl)c1C(=O)N(C)CC(=O)NC(C)(C)C. The molecule has 0 bridgehead atoms. The summed E-state index contributed by atoms with van der Waals surface area (Å²) in [5.41, 5.74) is -0.344. The zero-order chi connectivity index (χ0) is 19.6. The maximum Gasteiger partial charge on any atom is 0.259 e. The van der Waals surface area contributed by atoms with Crippen LogP contribution >= 0.6 is 11.6 Å². The molecule has 0 aliphatic carbocycles. The number of carbonyl (C=O) groups excluding carboxylic acids is 2. The molecular formula is C18H21ClFN3O3. The number of hydrogen-bond donors (Lipinski definition) is 1. The topological polar surface area (TPSA) is 75.4 Å². The second-order valence-electron chi connectivity index (χ2n) is 7.02. The molecule has 8 heteroatoms. The van der Waals surface area contributed by atoms with Crippen LogP contribution in [-0.4, -0.2) is 41.0 Å². The molecule has 140 valence electrons. The van der Waals surface area contributed by atoms with Crippen LogP contribution in [0.4, 0.5) is 4.39 Å². The van der Waals surface area contributed by atoms with Crippen LogP contribution < -0.4 is 5.32 Å². The lowest BCUT2D eigenvalue weighted by Gasteiger charge is -2.23. The van der Waals surface area contributed by atoms with Gasteiger partial charge in [-0.25, -0.2) is 4.39 Å². The summed E-state index contributed by atoms with van der Waals surface area (Å²) in [6, 6.07) is 4.18. The van der Waals surface area contributed by atoms with E-state index in [0.29, 0.717) is 0 Å². The molecule has 0 aliphatic heterocycles. The minimum Gasteiger partial charge on any atom is -0.360 e. The van der Waals surface area contributed by atoms with Gasteiger partial charge in [0.05, 0.1) is 17.1 Å². The third-order valence-corrected chi connectivity index (χ3v) is 3.83. The number of nitrogens with zero attached hydrogens (tertiary/aromatic N) is 2. The van der Waals surface area contributed by atoms with Gasteiger partial charge in [0.25, 0.3) is 5.91 Å². The Balaban J connectivity index is 2.33. The second kappa shape index (κ2) is 7.45. The molecule has 0 unspecified atom stereocenters. The summed E-state index contributed by atoms with van der Waals surface area (Å²) in [4.78, 5) is 26.1. The molecule has 1 aromatic carbocycles. The van der Waals surface area contributed by atoms with E-state index in [0.717, 1.165) is 0 Å². The molecular weight excluding hydrogens is 361 g/mol.